The van der Waals surface area contributed by atoms with E-state index in [1.54, 1.807) is 37.1 Å². The lowest BCUT2D eigenvalue weighted by molar-refractivity contribution is 0.0946. The fourth-order valence-electron chi connectivity index (χ4n) is 2.11. The number of anilines is 1. The summed E-state index contributed by atoms with van der Waals surface area (Å²) in [5, 5.41) is 6.08. The van der Waals surface area contributed by atoms with E-state index < -0.39 is 0 Å². The van der Waals surface area contributed by atoms with Crippen LogP contribution < -0.4 is 10.6 Å². The van der Waals surface area contributed by atoms with E-state index in [1.165, 1.54) is 0 Å². The molecular formula is C18H17N5O. The number of nitrogens with one attached hydrogen (secondary N) is 2. The maximum absolute atomic E-state index is 12.1. The van der Waals surface area contributed by atoms with E-state index in [2.05, 4.69) is 25.6 Å². The topological polar surface area (TPSA) is 79.8 Å². The number of carbonyl (C=O) groups excluding carboxylic acids is 1. The molecule has 0 fully saturated rings. The van der Waals surface area contributed by atoms with Crippen LogP contribution in [-0.4, -0.2) is 20.9 Å². The van der Waals surface area contributed by atoms with Crippen LogP contribution >= 0.6 is 0 Å². The number of aromatic nitrogens is 3. The molecule has 0 saturated carbocycles. The van der Waals surface area contributed by atoms with E-state index >= 15 is 0 Å². The Morgan fingerprint density at radius 3 is 2.46 bits per heavy atom. The van der Waals surface area contributed by atoms with Crippen LogP contribution in [0.25, 0.3) is 0 Å². The Labute approximate surface area is 140 Å². The standard InChI is InChI=1S/C18H17N5O/c24-18(23-12-15-2-1-7-20-10-15)17-4-3-16(13-22-17)21-11-14-5-8-19-9-6-14/h1-10,13,21H,11-12H2,(H,23,24). The zero-order chi connectivity index (χ0) is 16.6. The Morgan fingerprint density at radius 1 is 0.875 bits per heavy atom. The minimum absolute atomic E-state index is 0.209. The number of nitrogens with zero attached hydrogens (tertiary/aromatic N) is 3. The molecule has 120 valence electrons. The summed E-state index contributed by atoms with van der Waals surface area (Å²) >= 11 is 0. The second-order valence-electron chi connectivity index (χ2n) is 5.19. The summed E-state index contributed by atoms with van der Waals surface area (Å²) < 4.78 is 0. The maximum Gasteiger partial charge on any atom is 0.270 e. The van der Waals surface area contributed by atoms with Gasteiger partial charge in [0.2, 0.25) is 0 Å². The number of carbonyl (C=O) groups is 1. The first-order chi connectivity index (χ1) is 11.8. The number of rotatable bonds is 6. The van der Waals surface area contributed by atoms with Gasteiger partial charge in [-0.05, 0) is 41.5 Å². The molecule has 0 spiro atoms. The van der Waals surface area contributed by atoms with Crippen LogP contribution in [0, 0.1) is 0 Å². The van der Waals surface area contributed by atoms with Crippen molar-refractivity contribution in [1.29, 1.82) is 0 Å². The normalized spacial score (nSPS) is 10.2. The quantitative estimate of drug-likeness (QED) is 0.729. The van der Waals surface area contributed by atoms with Crippen molar-refractivity contribution in [2.75, 3.05) is 5.32 Å². The smallest absolute Gasteiger partial charge is 0.270 e. The van der Waals surface area contributed by atoms with E-state index in [-0.39, 0.29) is 5.91 Å². The van der Waals surface area contributed by atoms with Gasteiger partial charge in [-0.1, -0.05) is 6.07 Å². The summed E-state index contributed by atoms with van der Waals surface area (Å²) in [7, 11) is 0. The van der Waals surface area contributed by atoms with Gasteiger partial charge >= 0.3 is 0 Å². The van der Waals surface area contributed by atoms with Crippen LogP contribution in [0.15, 0.2) is 67.4 Å². The molecule has 0 aliphatic heterocycles. The molecule has 6 heteroatoms. The Balaban J connectivity index is 1.53. The van der Waals surface area contributed by atoms with E-state index in [1.807, 2.05) is 30.3 Å². The first-order valence-corrected chi connectivity index (χ1v) is 7.57. The van der Waals surface area contributed by atoms with Crippen LogP contribution in [0.5, 0.6) is 0 Å². The molecule has 3 rings (SSSR count). The van der Waals surface area contributed by atoms with Crippen LogP contribution in [0.1, 0.15) is 21.6 Å². The molecule has 3 aromatic heterocycles. The van der Waals surface area contributed by atoms with E-state index in [9.17, 15) is 4.79 Å². The molecule has 0 radical (unpaired) electrons. The average Bonchev–Trinajstić information content (AvgIpc) is 2.66. The molecule has 0 saturated heterocycles. The summed E-state index contributed by atoms with van der Waals surface area (Å²) in [5.74, 6) is -0.209. The van der Waals surface area contributed by atoms with E-state index in [0.717, 1.165) is 16.8 Å². The predicted octanol–water partition coefficient (Wildman–Crippen LogP) is 2.41. The van der Waals surface area contributed by atoms with Crippen LogP contribution in [0.4, 0.5) is 5.69 Å². The van der Waals surface area contributed by atoms with Crippen molar-refractivity contribution >= 4 is 11.6 Å². The molecule has 24 heavy (non-hydrogen) atoms. The van der Waals surface area contributed by atoms with Crippen molar-refractivity contribution in [3.05, 3.63) is 84.2 Å². The Morgan fingerprint density at radius 2 is 1.75 bits per heavy atom. The molecule has 3 heterocycles. The molecular weight excluding hydrogens is 302 g/mol. The highest BCUT2D eigenvalue weighted by atomic mass is 16.1. The van der Waals surface area contributed by atoms with Gasteiger partial charge < -0.3 is 10.6 Å². The molecule has 0 aromatic carbocycles. The van der Waals surface area contributed by atoms with Gasteiger partial charge in [0, 0.05) is 37.9 Å². The zero-order valence-corrected chi connectivity index (χ0v) is 13.0. The first-order valence-electron chi connectivity index (χ1n) is 7.57. The third-order valence-corrected chi connectivity index (χ3v) is 3.42. The Kier molecular flexibility index (Phi) is 5.09. The molecule has 0 bridgehead atoms. The summed E-state index contributed by atoms with van der Waals surface area (Å²) in [6.07, 6.45) is 8.58. The third-order valence-electron chi connectivity index (χ3n) is 3.42. The van der Waals surface area contributed by atoms with Crippen molar-refractivity contribution < 1.29 is 4.79 Å². The lowest BCUT2D eigenvalue weighted by Crippen LogP contribution is -2.23. The molecule has 0 unspecified atom stereocenters. The van der Waals surface area contributed by atoms with Gasteiger partial charge in [-0.25, -0.2) is 4.98 Å². The fourth-order valence-corrected chi connectivity index (χ4v) is 2.11. The summed E-state index contributed by atoms with van der Waals surface area (Å²) in [5.41, 5.74) is 3.31. The average molecular weight is 319 g/mol. The zero-order valence-electron chi connectivity index (χ0n) is 13.0. The second kappa shape index (κ2) is 7.82. The maximum atomic E-state index is 12.1. The van der Waals surface area contributed by atoms with E-state index in [0.29, 0.717) is 18.8 Å². The lowest BCUT2D eigenvalue weighted by Gasteiger charge is -2.07. The highest BCUT2D eigenvalue weighted by Crippen LogP contribution is 2.08. The molecule has 3 aromatic rings. The number of hydrogen-bond acceptors (Lipinski definition) is 5. The van der Waals surface area contributed by atoms with Crippen molar-refractivity contribution in [3.8, 4) is 0 Å². The van der Waals surface area contributed by atoms with Gasteiger partial charge in [-0.15, -0.1) is 0 Å². The Hall–Kier alpha value is -3.28. The molecule has 2 N–H and O–H groups in total. The minimum Gasteiger partial charge on any atom is -0.380 e. The fraction of sp³-hybridized carbons (Fsp3) is 0.111. The molecule has 0 aliphatic rings. The van der Waals surface area contributed by atoms with Crippen LogP contribution in [0.2, 0.25) is 0 Å². The van der Waals surface area contributed by atoms with Crippen molar-refractivity contribution in [3.63, 3.8) is 0 Å². The van der Waals surface area contributed by atoms with Crippen LogP contribution in [0.3, 0.4) is 0 Å². The molecule has 0 atom stereocenters. The summed E-state index contributed by atoms with van der Waals surface area (Å²) in [4.78, 5) is 24.3. The van der Waals surface area contributed by atoms with Crippen molar-refractivity contribution in [1.82, 2.24) is 20.3 Å². The minimum atomic E-state index is -0.209. The Bertz CT molecular complexity index is 776. The largest absolute Gasteiger partial charge is 0.380 e. The monoisotopic (exact) mass is 319 g/mol. The van der Waals surface area contributed by atoms with Gasteiger partial charge in [0.05, 0.1) is 11.9 Å². The number of hydrogen-bond donors (Lipinski definition) is 2. The predicted molar refractivity (Wildman–Crippen MR) is 91.2 cm³/mol. The van der Waals surface area contributed by atoms with Crippen molar-refractivity contribution in [2.24, 2.45) is 0 Å². The number of amides is 1. The van der Waals surface area contributed by atoms with Crippen molar-refractivity contribution in [2.45, 2.75) is 13.1 Å². The van der Waals surface area contributed by atoms with Crippen LogP contribution in [-0.2, 0) is 13.1 Å². The lowest BCUT2D eigenvalue weighted by atomic mass is 10.2. The SMILES string of the molecule is O=C(NCc1cccnc1)c1ccc(NCc2ccncc2)cn1. The molecule has 6 nitrogen and oxygen atoms in total. The van der Waals surface area contributed by atoms with Gasteiger partial charge in [0.15, 0.2) is 0 Å². The second-order valence-corrected chi connectivity index (χ2v) is 5.19. The van der Waals surface area contributed by atoms with Gasteiger partial charge in [0.1, 0.15) is 5.69 Å². The highest BCUT2D eigenvalue weighted by molar-refractivity contribution is 5.92. The first kappa shape index (κ1) is 15.6. The van der Waals surface area contributed by atoms with E-state index in [4.69, 9.17) is 0 Å². The van der Waals surface area contributed by atoms with Gasteiger partial charge in [-0.3, -0.25) is 14.8 Å². The van der Waals surface area contributed by atoms with Gasteiger partial charge in [-0.2, -0.15) is 0 Å². The molecule has 0 aliphatic carbocycles. The highest BCUT2D eigenvalue weighted by Gasteiger charge is 2.06. The third kappa shape index (κ3) is 4.36. The number of pyridine rings is 3. The van der Waals surface area contributed by atoms with Gasteiger partial charge in [0.25, 0.3) is 5.91 Å². The molecule has 1 amide bonds. The summed E-state index contributed by atoms with van der Waals surface area (Å²) in [6.45, 7) is 1.10. The summed E-state index contributed by atoms with van der Waals surface area (Å²) in [6, 6.07) is 11.2.